The second kappa shape index (κ2) is 11.4. The van der Waals surface area contributed by atoms with E-state index in [1.165, 1.54) is 0 Å². The van der Waals surface area contributed by atoms with Crippen LogP contribution in [0.5, 0.6) is 11.5 Å². The van der Waals surface area contributed by atoms with Crippen molar-refractivity contribution in [2.75, 3.05) is 21.3 Å². The Morgan fingerprint density at radius 2 is 1.55 bits per heavy atom. The van der Waals surface area contributed by atoms with E-state index in [-0.39, 0.29) is 24.8 Å². The van der Waals surface area contributed by atoms with Crippen molar-refractivity contribution in [3.05, 3.63) is 94.5 Å². The second-order valence-electron chi connectivity index (χ2n) is 7.44. The normalized spacial score (nSPS) is 11.4. The molecule has 172 valence electrons. The van der Waals surface area contributed by atoms with E-state index in [0.29, 0.717) is 16.5 Å². The van der Waals surface area contributed by atoms with Gasteiger partial charge < -0.3 is 19.7 Å². The van der Waals surface area contributed by atoms with E-state index < -0.39 is 6.04 Å². The summed E-state index contributed by atoms with van der Waals surface area (Å²) in [5.74, 6) is 0.655. The third-order valence-corrected chi connectivity index (χ3v) is 5.56. The number of carbonyl (C=O) groups excluding carboxylic acids is 2. The average molecular weight is 467 g/mol. The summed E-state index contributed by atoms with van der Waals surface area (Å²) in [5, 5.41) is 3.31. The SMILES string of the molecule is CNC(=O)[C@H](c1ccccc1)N(Cc1ccc(Cl)cc1)C(=O)Cc1ccc(OC)c(OC)c1. The summed E-state index contributed by atoms with van der Waals surface area (Å²) in [6, 6.07) is 21.1. The molecule has 0 unspecified atom stereocenters. The first-order chi connectivity index (χ1) is 16.0. The molecule has 0 fully saturated rings. The van der Waals surface area contributed by atoms with Gasteiger partial charge in [0.2, 0.25) is 11.8 Å². The molecule has 3 aromatic rings. The molecule has 7 heteroatoms. The van der Waals surface area contributed by atoms with Crippen molar-refractivity contribution in [3.63, 3.8) is 0 Å². The van der Waals surface area contributed by atoms with Crippen LogP contribution in [0.3, 0.4) is 0 Å². The third kappa shape index (κ3) is 6.05. The van der Waals surface area contributed by atoms with Crippen LogP contribution in [0.1, 0.15) is 22.7 Å². The summed E-state index contributed by atoms with van der Waals surface area (Å²) in [6.07, 6.45) is 0.0915. The number of amides is 2. The van der Waals surface area contributed by atoms with Crippen LogP contribution in [0.15, 0.2) is 72.8 Å². The number of likely N-dealkylation sites (N-methyl/N-ethyl adjacent to an activating group) is 1. The first kappa shape index (κ1) is 24.1. The fraction of sp³-hybridized carbons (Fsp3) is 0.231. The predicted molar refractivity (Wildman–Crippen MR) is 129 cm³/mol. The number of ether oxygens (including phenoxy) is 2. The number of benzene rings is 3. The molecule has 0 bridgehead atoms. The third-order valence-electron chi connectivity index (χ3n) is 5.31. The van der Waals surface area contributed by atoms with Crippen molar-refractivity contribution < 1.29 is 19.1 Å². The Morgan fingerprint density at radius 1 is 0.909 bits per heavy atom. The maximum absolute atomic E-state index is 13.6. The van der Waals surface area contributed by atoms with Gasteiger partial charge >= 0.3 is 0 Å². The van der Waals surface area contributed by atoms with Gasteiger partial charge in [-0.1, -0.05) is 60.1 Å². The molecule has 3 aromatic carbocycles. The number of rotatable bonds is 9. The van der Waals surface area contributed by atoms with Crippen molar-refractivity contribution in [1.29, 1.82) is 0 Å². The first-order valence-electron chi connectivity index (χ1n) is 10.5. The molecule has 33 heavy (non-hydrogen) atoms. The molecule has 0 aliphatic rings. The maximum atomic E-state index is 13.6. The Balaban J connectivity index is 1.98. The Hall–Kier alpha value is -3.51. The first-order valence-corrected chi connectivity index (χ1v) is 10.9. The van der Waals surface area contributed by atoms with Crippen LogP contribution in [0, 0.1) is 0 Å². The van der Waals surface area contributed by atoms with Crippen LogP contribution in [0.4, 0.5) is 0 Å². The zero-order chi connectivity index (χ0) is 23.8. The number of carbonyl (C=O) groups is 2. The highest BCUT2D eigenvalue weighted by molar-refractivity contribution is 6.30. The van der Waals surface area contributed by atoms with Gasteiger partial charge in [0.1, 0.15) is 6.04 Å². The van der Waals surface area contributed by atoms with E-state index in [4.69, 9.17) is 21.1 Å². The van der Waals surface area contributed by atoms with Gasteiger partial charge in [0.05, 0.1) is 20.6 Å². The van der Waals surface area contributed by atoms with E-state index in [1.54, 1.807) is 50.4 Å². The molecule has 0 aliphatic heterocycles. The lowest BCUT2D eigenvalue weighted by molar-refractivity contribution is -0.141. The molecule has 0 saturated carbocycles. The average Bonchev–Trinajstić information content (AvgIpc) is 2.85. The Morgan fingerprint density at radius 3 is 2.15 bits per heavy atom. The van der Waals surface area contributed by atoms with Crippen molar-refractivity contribution >= 4 is 23.4 Å². The van der Waals surface area contributed by atoms with Gasteiger partial charge in [-0.2, -0.15) is 0 Å². The molecular weight excluding hydrogens is 440 g/mol. The van der Waals surface area contributed by atoms with Gasteiger partial charge in [-0.05, 0) is 41.0 Å². The minimum atomic E-state index is -0.792. The van der Waals surface area contributed by atoms with E-state index in [0.717, 1.165) is 16.7 Å². The zero-order valence-electron chi connectivity index (χ0n) is 18.9. The Labute approximate surface area is 199 Å². The molecule has 6 nitrogen and oxygen atoms in total. The minimum Gasteiger partial charge on any atom is -0.493 e. The van der Waals surface area contributed by atoms with Gasteiger partial charge in [0, 0.05) is 18.6 Å². The van der Waals surface area contributed by atoms with Crippen LogP contribution in [0.25, 0.3) is 0 Å². The largest absolute Gasteiger partial charge is 0.493 e. The molecule has 0 aromatic heterocycles. The highest BCUT2D eigenvalue weighted by Gasteiger charge is 2.31. The summed E-state index contributed by atoms with van der Waals surface area (Å²) >= 11 is 6.04. The van der Waals surface area contributed by atoms with Gasteiger partial charge in [-0.25, -0.2) is 0 Å². The van der Waals surface area contributed by atoms with Crippen LogP contribution >= 0.6 is 11.6 Å². The van der Waals surface area contributed by atoms with Crippen LogP contribution in [0.2, 0.25) is 5.02 Å². The number of hydrogen-bond donors (Lipinski definition) is 1. The van der Waals surface area contributed by atoms with E-state index >= 15 is 0 Å². The van der Waals surface area contributed by atoms with Crippen molar-refractivity contribution in [2.45, 2.75) is 19.0 Å². The minimum absolute atomic E-state index is 0.0915. The standard InChI is InChI=1S/C26H27ClN2O4/c1-28-26(31)25(20-7-5-4-6-8-20)29(17-18-9-12-21(27)13-10-18)24(30)16-19-11-14-22(32-2)23(15-19)33-3/h4-15,25H,16-17H2,1-3H3,(H,28,31)/t25-/m0/s1. The molecule has 1 atom stereocenters. The molecule has 0 radical (unpaired) electrons. The van der Waals surface area contributed by atoms with E-state index in [9.17, 15) is 9.59 Å². The summed E-state index contributed by atoms with van der Waals surface area (Å²) < 4.78 is 10.7. The van der Waals surface area contributed by atoms with Gasteiger partial charge in [0.25, 0.3) is 0 Å². The van der Waals surface area contributed by atoms with Crippen LogP contribution in [-0.4, -0.2) is 38.0 Å². The lowest BCUT2D eigenvalue weighted by atomic mass is 10.0. The van der Waals surface area contributed by atoms with Gasteiger partial charge in [0.15, 0.2) is 11.5 Å². The summed E-state index contributed by atoms with van der Waals surface area (Å²) in [5.41, 5.74) is 2.35. The molecule has 1 N–H and O–H groups in total. The molecule has 0 saturated heterocycles. The van der Waals surface area contributed by atoms with E-state index in [2.05, 4.69) is 5.32 Å². The molecule has 2 amide bonds. The summed E-state index contributed by atoms with van der Waals surface area (Å²) in [4.78, 5) is 28.2. The summed E-state index contributed by atoms with van der Waals surface area (Å²) in [7, 11) is 4.68. The maximum Gasteiger partial charge on any atom is 0.247 e. The highest BCUT2D eigenvalue weighted by atomic mass is 35.5. The lowest BCUT2D eigenvalue weighted by Gasteiger charge is -2.31. The topological polar surface area (TPSA) is 67.9 Å². The van der Waals surface area contributed by atoms with E-state index in [1.807, 2.05) is 48.5 Å². The quantitative estimate of drug-likeness (QED) is 0.507. The molecule has 0 spiro atoms. The van der Waals surface area contributed by atoms with Crippen molar-refractivity contribution in [2.24, 2.45) is 0 Å². The fourth-order valence-electron chi connectivity index (χ4n) is 3.62. The second-order valence-corrected chi connectivity index (χ2v) is 7.88. The van der Waals surface area contributed by atoms with Crippen molar-refractivity contribution in [1.82, 2.24) is 10.2 Å². The summed E-state index contributed by atoms with van der Waals surface area (Å²) in [6.45, 7) is 0.246. The number of nitrogens with zero attached hydrogens (tertiary/aromatic N) is 1. The number of hydrogen-bond acceptors (Lipinski definition) is 4. The smallest absolute Gasteiger partial charge is 0.247 e. The fourth-order valence-corrected chi connectivity index (χ4v) is 3.75. The van der Waals surface area contributed by atoms with Crippen LogP contribution in [-0.2, 0) is 22.6 Å². The molecular formula is C26H27ClN2O4. The van der Waals surface area contributed by atoms with Crippen LogP contribution < -0.4 is 14.8 Å². The molecule has 3 rings (SSSR count). The Bertz CT molecular complexity index is 1090. The number of nitrogens with one attached hydrogen (secondary N) is 1. The number of halogens is 1. The Kier molecular flexibility index (Phi) is 8.33. The molecule has 0 heterocycles. The van der Waals surface area contributed by atoms with Gasteiger partial charge in [-0.15, -0.1) is 0 Å². The predicted octanol–water partition coefficient (Wildman–Crippen LogP) is 4.42. The highest BCUT2D eigenvalue weighted by Crippen LogP contribution is 2.29. The van der Waals surface area contributed by atoms with Gasteiger partial charge in [-0.3, -0.25) is 9.59 Å². The molecule has 0 aliphatic carbocycles. The number of methoxy groups -OCH3 is 2. The zero-order valence-corrected chi connectivity index (χ0v) is 19.6. The van der Waals surface area contributed by atoms with Crippen molar-refractivity contribution in [3.8, 4) is 11.5 Å². The lowest BCUT2D eigenvalue weighted by Crippen LogP contribution is -2.43. The monoisotopic (exact) mass is 466 g/mol.